The fourth-order valence-corrected chi connectivity index (χ4v) is 2.07. The van der Waals surface area contributed by atoms with Gasteiger partial charge in [0.15, 0.2) is 0 Å². The molecule has 0 aromatic heterocycles. The van der Waals surface area contributed by atoms with Crippen molar-refractivity contribution in [1.29, 1.82) is 0 Å². The second kappa shape index (κ2) is 6.86. The van der Waals surface area contributed by atoms with Crippen LogP contribution in [0.3, 0.4) is 0 Å². The van der Waals surface area contributed by atoms with Gasteiger partial charge in [0, 0.05) is 18.7 Å². The highest BCUT2D eigenvalue weighted by molar-refractivity contribution is 5.97. The molecule has 0 atom stereocenters. The summed E-state index contributed by atoms with van der Waals surface area (Å²) >= 11 is 0. The topological polar surface area (TPSA) is 75.4 Å². The quantitative estimate of drug-likeness (QED) is 0.720. The summed E-state index contributed by atoms with van der Waals surface area (Å²) in [6.07, 6.45) is 0.645. The lowest BCUT2D eigenvalue weighted by atomic mass is 10.1. The van der Waals surface area contributed by atoms with Gasteiger partial charge in [0.1, 0.15) is 5.82 Å². The second-order valence-corrected chi connectivity index (χ2v) is 4.63. The molecule has 0 unspecified atom stereocenters. The first-order valence-electron chi connectivity index (χ1n) is 6.66. The molecule has 1 aliphatic heterocycles. The van der Waals surface area contributed by atoms with Crippen LogP contribution in [0.25, 0.3) is 0 Å². The van der Waals surface area contributed by atoms with Gasteiger partial charge in [-0.15, -0.1) is 0 Å². The van der Waals surface area contributed by atoms with E-state index in [-0.39, 0.29) is 24.6 Å². The molecule has 1 aromatic rings. The van der Waals surface area contributed by atoms with E-state index in [1.54, 1.807) is 0 Å². The number of hydrogen-bond acceptors (Lipinski definition) is 3. The van der Waals surface area contributed by atoms with Gasteiger partial charge in [-0.2, -0.15) is 0 Å². The molecule has 1 aromatic carbocycles. The van der Waals surface area contributed by atoms with Crippen LogP contribution in [0.1, 0.15) is 22.3 Å². The number of hydrogen-bond donors (Lipinski definition) is 2. The fraction of sp³-hybridized carbons (Fsp3) is 0.333. The average Bonchev–Trinajstić information content (AvgIpc) is 2.70. The highest BCUT2D eigenvalue weighted by Gasteiger charge is 2.23. The molecule has 1 fully saturated rings. The number of nitrogens with two attached hydrogens (primary N) is 1. The maximum Gasteiger partial charge on any atom is 0.257 e. The predicted octanol–water partition coefficient (Wildman–Crippen LogP) is 0.0980. The van der Waals surface area contributed by atoms with E-state index >= 15 is 0 Å². The zero-order valence-corrected chi connectivity index (χ0v) is 11.5. The van der Waals surface area contributed by atoms with E-state index in [9.17, 15) is 14.0 Å². The normalized spacial score (nSPS) is 14.8. The minimum absolute atomic E-state index is 0.0586. The van der Waals surface area contributed by atoms with Crippen LogP contribution in [0.4, 0.5) is 4.39 Å². The summed E-state index contributed by atoms with van der Waals surface area (Å²) in [7, 11) is 0. The van der Waals surface area contributed by atoms with Gasteiger partial charge in [-0.3, -0.25) is 9.59 Å². The lowest BCUT2D eigenvalue weighted by molar-refractivity contribution is -0.121. The third kappa shape index (κ3) is 3.80. The Morgan fingerprint density at radius 1 is 1.48 bits per heavy atom. The Morgan fingerprint density at radius 2 is 2.29 bits per heavy atom. The minimum atomic E-state index is -0.622. The third-order valence-corrected chi connectivity index (χ3v) is 3.08. The minimum Gasteiger partial charge on any atom is -0.354 e. The smallest absolute Gasteiger partial charge is 0.257 e. The van der Waals surface area contributed by atoms with Crippen LogP contribution in [0.15, 0.2) is 18.2 Å². The average molecular weight is 289 g/mol. The lowest BCUT2D eigenvalue weighted by Crippen LogP contribution is -2.37. The number of carbonyl (C=O) groups is 2. The summed E-state index contributed by atoms with van der Waals surface area (Å²) in [5.41, 5.74) is 5.73. The maximum absolute atomic E-state index is 13.9. The zero-order valence-electron chi connectivity index (χ0n) is 11.5. The van der Waals surface area contributed by atoms with Crippen LogP contribution in [0, 0.1) is 17.7 Å². The van der Waals surface area contributed by atoms with Gasteiger partial charge in [-0.05, 0) is 24.6 Å². The first-order valence-corrected chi connectivity index (χ1v) is 6.66. The number of halogens is 1. The van der Waals surface area contributed by atoms with Crippen molar-refractivity contribution in [3.05, 3.63) is 35.1 Å². The van der Waals surface area contributed by atoms with Gasteiger partial charge in [-0.1, -0.05) is 11.8 Å². The number of amides is 2. The largest absolute Gasteiger partial charge is 0.354 e. The zero-order chi connectivity index (χ0) is 15.2. The Morgan fingerprint density at radius 3 is 3.05 bits per heavy atom. The summed E-state index contributed by atoms with van der Waals surface area (Å²) in [5.74, 6) is 4.06. The van der Waals surface area contributed by atoms with Crippen molar-refractivity contribution in [2.75, 3.05) is 26.2 Å². The Labute approximate surface area is 122 Å². The summed E-state index contributed by atoms with van der Waals surface area (Å²) in [4.78, 5) is 25.2. The molecular weight excluding hydrogens is 273 g/mol. The highest BCUT2D eigenvalue weighted by atomic mass is 19.1. The van der Waals surface area contributed by atoms with Gasteiger partial charge < -0.3 is 16.0 Å². The molecule has 21 heavy (non-hydrogen) atoms. The Bertz CT molecular complexity index is 619. The molecule has 3 N–H and O–H groups in total. The van der Waals surface area contributed by atoms with E-state index in [2.05, 4.69) is 17.2 Å². The fourth-order valence-electron chi connectivity index (χ4n) is 2.07. The van der Waals surface area contributed by atoms with Crippen LogP contribution < -0.4 is 11.1 Å². The van der Waals surface area contributed by atoms with Crippen LogP contribution in [0.5, 0.6) is 0 Å². The van der Waals surface area contributed by atoms with Crippen LogP contribution >= 0.6 is 0 Å². The monoisotopic (exact) mass is 289 g/mol. The highest BCUT2D eigenvalue weighted by Crippen LogP contribution is 2.14. The van der Waals surface area contributed by atoms with E-state index in [1.807, 2.05) is 0 Å². The van der Waals surface area contributed by atoms with Crippen molar-refractivity contribution in [1.82, 2.24) is 10.2 Å². The first-order chi connectivity index (χ1) is 10.1. The Balaban J connectivity index is 2.26. The standard InChI is InChI=1S/C15H16FN3O2/c16-13-5-4-11(3-1-6-17)9-12(13)15(21)19-8-2-7-18-14(20)10-19/h4-5,9H,2,6-8,10,17H2,(H,18,20). The van der Waals surface area contributed by atoms with Crippen molar-refractivity contribution in [3.63, 3.8) is 0 Å². The number of carbonyl (C=O) groups excluding carboxylic acids is 2. The Hall–Kier alpha value is -2.39. The summed E-state index contributed by atoms with van der Waals surface area (Å²) in [6.45, 7) is 1.06. The van der Waals surface area contributed by atoms with Gasteiger partial charge >= 0.3 is 0 Å². The molecular formula is C15H16FN3O2. The van der Waals surface area contributed by atoms with E-state index < -0.39 is 11.7 Å². The molecule has 1 heterocycles. The molecule has 5 nitrogen and oxygen atoms in total. The molecule has 1 aliphatic rings. The number of nitrogens with zero attached hydrogens (tertiary/aromatic N) is 1. The number of nitrogens with one attached hydrogen (secondary N) is 1. The van der Waals surface area contributed by atoms with Gasteiger partial charge in [0.05, 0.1) is 18.7 Å². The summed E-state index contributed by atoms with van der Waals surface area (Å²) in [6, 6.07) is 4.08. The molecule has 6 heteroatoms. The number of benzene rings is 1. The molecule has 0 spiro atoms. The lowest BCUT2D eigenvalue weighted by Gasteiger charge is -2.19. The van der Waals surface area contributed by atoms with Crippen LogP contribution in [0.2, 0.25) is 0 Å². The van der Waals surface area contributed by atoms with Gasteiger partial charge in [-0.25, -0.2) is 4.39 Å². The summed E-state index contributed by atoms with van der Waals surface area (Å²) < 4.78 is 13.9. The van der Waals surface area contributed by atoms with Crippen molar-refractivity contribution >= 4 is 11.8 Å². The molecule has 0 aliphatic carbocycles. The molecule has 2 amide bonds. The molecule has 2 rings (SSSR count). The van der Waals surface area contributed by atoms with Gasteiger partial charge in [0.25, 0.3) is 5.91 Å². The Kier molecular flexibility index (Phi) is 4.90. The van der Waals surface area contributed by atoms with E-state index in [0.717, 1.165) is 0 Å². The molecule has 110 valence electrons. The van der Waals surface area contributed by atoms with Crippen molar-refractivity contribution < 1.29 is 14.0 Å². The van der Waals surface area contributed by atoms with Crippen molar-refractivity contribution in [3.8, 4) is 11.8 Å². The molecule has 0 bridgehead atoms. The summed E-state index contributed by atoms with van der Waals surface area (Å²) in [5, 5.41) is 2.67. The van der Waals surface area contributed by atoms with Crippen molar-refractivity contribution in [2.45, 2.75) is 6.42 Å². The van der Waals surface area contributed by atoms with Crippen LogP contribution in [-0.4, -0.2) is 42.9 Å². The third-order valence-electron chi connectivity index (χ3n) is 3.08. The molecule has 1 saturated heterocycles. The van der Waals surface area contributed by atoms with Crippen molar-refractivity contribution in [2.24, 2.45) is 5.73 Å². The number of rotatable bonds is 1. The van der Waals surface area contributed by atoms with Gasteiger partial charge in [0.2, 0.25) is 5.91 Å². The van der Waals surface area contributed by atoms with Crippen LogP contribution in [-0.2, 0) is 4.79 Å². The van der Waals surface area contributed by atoms with E-state index in [4.69, 9.17) is 5.73 Å². The molecule has 0 radical (unpaired) electrons. The maximum atomic E-state index is 13.9. The molecule has 0 saturated carbocycles. The predicted molar refractivity (Wildman–Crippen MR) is 75.9 cm³/mol. The SMILES string of the molecule is NCC#Cc1ccc(F)c(C(=O)N2CCCNC(=O)C2)c1. The van der Waals surface area contributed by atoms with E-state index in [1.165, 1.54) is 23.1 Å². The van der Waals surface area contributed by atoms with E-state index in [0.29, 0.717) is 25.1 Å². The second-order valence-electron chi connectivity index (χ2n) is 4.63. The first kappa shape index (κ1) is 15.0.